The zero-order chi connectivity index (χ0) is 18.6. The summed E-state index contributed by atoms with van der Waals surface area (Å²) in [5, 5.41) is 0.689. The van der Waals surface area contributed by atoms with Crippen molar-refractivity contribution in [2.45, 2.75) is 27.0 Å². The summed E-state index contributed by atoms with van der Waals surface area (Å²) in [5.41, 5.74) is -1.41. The van der Waals surface area contributed by atoms with Gasteiger partial charge in [0.25, 0.3) is 0 Å². The van der Waals surface area contributed by atoms with Crippen molar-refractivity contribution >= 4 is 35.0 Å². The van der Waals surface area contributed by atoms with Crippen LogP contribution in [-0.2, 0) is 14.3 Å². The van der Waals surface area contributed by atoms with Crippen LogP contribution in [0.2, 0.25) is 10.0 Å². The Hall–Kier alpha value is -2.05. The SMILES string of the molecule is CCOC(=O)C(C)(C)C(=O)C(Oc1ccc(Cl)cc1Cl)n1ccnc1. The van der Waals surface area contributed by atoms with E-state index in [0.717, 1.165) is 0 Å². The van der Waals surface area contributed by atoms with E-state index in [0.29, 0.717) is 5.02 Å². The van der Waals surface area contributed by atoms with Gasteiger partial charge in [-0.05, 0) is 39.0 Å². The summed E-state index contributed by atoms with van der Waals surface area (Å²) in [4.78, 5) is 29.1. The quantitative estimate of drug-likeness (QED) is 0.534. The monoisotopic (exact) mass is 384 g/mol. The fourth-order valence-electron chi connectivity index (χ4n) is 2.07. The maximum atomic E-state index is 13.0. The number of esters is 1. The molecule has 1 heterocycles. The summed E-state index contributed by atoms with van der Waals surface area (Å²) >= 11 is 12.0. The number of hydrogen-bond acceptors (Lipinski definition) is 5. The van der Waals surface area contributed by atoms with E-state index >= 15 is 0 Å². The number of imidazole rings is 1. The molecule has 8 heteroatoms. The molecule has 0 saturated heterocycles. The fraction of sp³-hybridized carbons (Fsp3) is 0.353. The van der Waals surface area contributed by atoms with Crippen LogP contribution >= 0.6 is 23.2 Å². The van der Waals surface area contributed by atoms with Crippen LogP contribution in [0.3, 0.4) is 0 Å². The molecule has 25 heavy (non-hydrogen) atoms. The van der Waals surface area contributed by atoms with Gasteiger partial charge in [-0.2, -0.15) is 0 Å². The average molecular weight is 385 g/mol. The van der Waals surface area contributed by atoms with Crippen LogP contribution in [0.15, 0.2) is 36.9 Å². The molecule has 0 bridgehead atoms. The van der Waals surface area contributed by atoms with Crippen LogP contribution in [0.25, 0.3) is 0 Å². The standard InChI is InChI=1S/C17H18Cl2N2O4/c1-4-24-16(23)17(2,3)14(22)15(21-8-7-20-10-21)25-13-6-5-11(18)9-12(13)19/h5-10,15H,4H2,1-3H3. The highest BCUT2D eigenvalue weighted by molar-refractivity contribution is 6.35. The molecule has 0 radical (unpaired) electrons. The van der Waals surface area contributed by atoms with Crippen molar-refractivity contribution in [2.24, 2.45) is 5.41 Å². The number of Topliss-reactive ketones (excluding diaryl/α,β-unsaturated/α-hetero) is 1. The van der Waals surface area contributed by atoms with Crippen LogP contribution in [0.5, 0.6) is 5.75 Å². The summed E-state index contributed by atoms with van der Waals surface area (Å²) in [5.74, 6) is -0.858. The first kappa shape index (κ1) is 19.3. The predicted octanol–water partition coefficient (Wildman–Crippen LogP) is 3.93. The molecule has 0 N–H and O–H groups in total. The molecular formula is C17H18Cl2N2O4. The lowest BCUT2D eigenvalue weighted by molar-refractivity contribution is -0.161. The summed E-state index contributed by atoms with van der Waals surface area (Å²) in [6.45, 7) is 4.83. The van der Waals surface area contributed by atoms with Gasteiger partial charge in [0.1, 0.15) is 11.2 Å². The number of carbonyl (C=O) groups is 2. The second-order valence-electron chi connectivity index (χ2n) is 5.76. The van der Waals surface area contributed by atoms with Crippen molar-refractivity contribution in [3.63, 3.8) is 0 Å². The zero-order valence-electron chi connectivity index (χ0n) is 14.0. The van der Waals surface area contributed by atoms with Gasteiger partial charge in [0, 0.05) is 17.4 Å². The molecule has 0 saturated carbocycles. The first-order valence-corrected chi connectivity index (χ1v) is 8.33. The Morgan fingerprint density at radius 3 is 2.60 bits per heavy atom. The van der Waals surface area contributed by atoms with E-state index < -0.39 is 23.4 Å². The molecule has 1 aromatic carbocycles. The highest BCUT2D eigenvalue weighted by atomic mass is 35.5. The number of ketones is 1. The molecule has 0 aliphatic rings. The van der Waals surface area contributed by atoms with E-state index in [1.54, 1.807) is 25.3 Å². The number of hydrogen-bond donors (Lipinski definition) is 0. The topological polar surface area (TPSA) is 70.4 Å². The number of benzene rings is 1. The van der Waals surface area contributed by atoms with Crippen LogP contribution in [-0.4, -0.2) is 27.9 Å². The normalized spacial score (nSPS) is 12.5. The molecule has 2 aromatic rings. The van der Waals surface area contributed by atoms with E-state index in [4.69, 9.17) is 32.7 Å². The summed E-state index contributed by atoms with van der Waals surface area (Å²) in [6, 6.07) is 4.65. The molecule has 0 aliphatic heterocycles. The largest absolute Gasteiger partial charge is 0.465 e. The van der Waals surface area contributed by atoms with Crippen molar-refractivity contribution in [2.75, 3.05) is 6.61 Å². The molecule has 1 unspecified atom stereocenters. The Labute approximate surface area is 155 Å². The van der Waals surface area contributed by atoms with E-state index in [2.05, 4.69) is 4.98 Å². The van der Waals surface area contributed by atoms with Gasteiger partial charge in [-0.3, -0.25) is 14.2 Å². The molecule has 0 aliphatic carbocycles. The highest BCUT2D eigenvalue weighted by Crippen LogP contribution is 2.33. The lowest BCUT2D eigenvalue weighted by atomic mass is 9.87. The smallest absolute Gasteiger partial charge is 0.319 e. The molecule has 0 amide bonds. The highest BCUT2D eigenvalue weighted by Gasteiger charge is 2.43. The van der Waals surface area contributed by atoms with Crippen molar-refractivity contribution < 1.29 is 19.1 Å². The van der Waals surface area contributed by atoms with E-state index in [-0.39, 0.29) is 17.4 Å². The molecule has 2 rings (SSSR count). The third-order valence-electron chi connectivity index (χ3n) is 3.55. The van der Waals surface area contributed by atoms with Crippen LogP contribution in [0.1, 0.15) is 27.0 Å². The van der Waals surface area contributed by atoms with E-state index in [9.17, 15) is 9.59 Å². The maximum Gasteiger partial charge on any atom is 0.319 e. The molecule has 1 aromatic heterocycles. The summed E-state index contributed by atoms with van der Waals surface area (Å²) in [7, 11) is 0. The number of halogens is 2. The number of nitrogens with zero attached hydrogens (tertiary/aromatic N) is 2. The van der Waals surface area contributed by atoms with Crippen molar-refractivity contribution in [3.05, 3.63) is 47.0 Å². The Balaban J connectivity index is 2.37. The molecule has 134 valence electrons. The molecular weight excluding hydrogens is 367 g/mol. The average Bonchev–Trinajstić information content (AvgIpc) is 3.08. The van der Waals surface area contributed by atoms with Gasteiger partial charge in [0.15, 0.2) is 0 Å². The Bertz CT molecular complexity index is 760. The lowest BCUT2D eigenvalue weighted by Gasteiger charge is -2.27. The Morgan fingerprint density at radius 2 is 2.04 bits per heavy atom. The molecule has 0 fully saturated rings. The number of aromatic nitrogens is 2. The van der Waals surface area contributed by atoms with E-state index in [1.165, 1.54) is 37.0 Å². The zero-order valence-corrected chi connectivity index (χ0v) is 15.5. The maximum absolute atomic E-state index is 13.0. The predicted molar refractivity (Wildman–Crippen MR) is 93.8 cm³/mol. The first-order valence-electron chi connectivity index (χ1n) is 7.58. The van der Waals surface area contributed by atoms with Gasteiger partial charge in [-0.15, -0.1) is 0 Å². The molecule has 6 nitrogen and oxygen atoms in total. The van der Waals surface area contributed by atoms with Gasteiger partial charge >= 0.3 is 5.97 Å². The number of ether oxygens (including phenoxy) is 2. The van der Waals surface area contributed by atoms with Crippen molar-refractivity contribution in [1.29, 1.82) is 0 Å². The van der Waals surface area contributed by atoms with Gasteiger partial charge in [0.05, 0.1) is 18.0 Å². The summed E-state index contributed by atoms with van der Waals surface area (Å²) < 4.78 is 12.3. The number of carbonyl (C=O) groups excluding carboxylic acids is 2. The fourth-order valence-corrected chi connectivity index (χ4v) is 2.52. The van der Waals surface area contributed by atoms with Gasteiger partial charge < -0.3 is 9.47 Å². The number of rotatable bonds is 7. The Kier molecular flexibility index (Phi) is 6.08. The van der Waals surface area contributed by atoms with E-state index in [1.807, 2.05) is 0 Å². The minimum atomic E-state index is -1.41. The third-order valence-corrected chi connectivity index (χ3v) is 4.08. The van der Waals surface area contributed by atoms with Gasteiger partial charge in [0.2, 0.25) is 12.0 Å². The second kappa shape index (κ2) is 7.89. The van der Waals surface area contributed by atoms with Crippen molar-refractivity contribution in [3.8, 4) is 5.75 Å². The minimum Gasteiger partial charge on any atom is -0.465 e. The lowest BCUT2D eigenvalue weighted by Crippen LogP contribution is -2.41. The van der Waals surface area contributed by atoms with Gasteiger partial charge in [-0.25, -0.2) is 4.98 Å². The first-order chi connectivity index (χ1) is 11.8. The second-order valence-corrected chi connectivity index (χ2v) is 6.61. The van der Waals surface area contributed by atoms with Crippen LogP contribution < -0.4 is 4.74 Å². The molecule has 1 atom stereocenters. The molecule has 0 spiro atoms. The van der Waals surface area contributed by atoms with Crippen LogP contribution in [0.4, 0.5) is 0 Å². The minimum absolute atomic E-state index is 0.176. The van der Waals surface area contributed by atoms with Gasteiger partial charge in [-0.1, -0.05) is 23.2 Å². The Morgan fingerprint density at radius 1 is 1.32 bits per heavy atom. The van der Waals surface area contributed by atoms with Crippen LogP contribution in [0, 0.1) is 5.41 Å². The third kappa shape index (κ3) is 4.32. The summed E-state index contributed by atoms with van der Waals surface area (Å²) in [6.07, 6.45) is 3.35. The van der Waals surface area contributed by atoms with Crippen molar-refractivity contribution in [1.82, 2.24) is 9.55 Å².